The van der Waals surface area contributed by atoms with Crippen LogP contribution < -0.4 is 10.5 Å². The smallest absolute Gasteiger partial charge is 0.238 e. The maximum Gasteiger partial charge on any atom is 0.238 e. The third-order valence-corrected chi connectivity index (χ3v) is 7.72. The van der Waals surface area contributed by atoms with Crippen molar-refractivity contribution in [3.8, 4) is 0 Å². The molecule has 4 rings (SSSR count). The molecule has 3 N–H and O–H groups in total. The highest BCUT2D eigenvalue weighted by molar-refractivity contribution is 7.89. The Morgan fingerprint density at radius 2 is 1.67 bits per heavy atom. The summed E-state index contributed by atoms with van der Waals surface area (Å²) >= 11 is 0. The van der Waals surface area contributed by atoms with Crippen molar-refractivity contribution in [2.24, 2.45) is 5.14 Å². The predicted octanol–water partition coefficient (Wildman–Crippen LogP) is 5.91. The first-order chi connectivity index (χ1) is 16.6. The second-order valence-electron chi connectivity index (χ2n) is 11.8. The number of sulfonamides is 1. The summed E-state index contributed by atoms with van der Waals surface area (Å²) in [7, 11) is -3.98. The first kappa shape index (κ1) is 26.3. The molecule has 0 radical (unpaired) electrons. The maximum absolute atomic E-state index is 14.7. The van der Waals surface area contributed by atoms with Gasteiger partial charge in [-0.05, 0) is 81.3 Å². The average molecular weight is 514 g/mol. The van der Waals surface area contributed by atoms with Gasteiger partial charge in [0.05, 0.1) is 21.8 Å². The van der Waals surface area contributed by atoms with Crippen molar-refractivity contribution in [1.29, 1.82) is 0 Å². The lowest BCUT2D eigenvalue weighted by Gasteiger charge is -2.23. The number of aromatic nitrogens is 3. The van der Waals surface area contributed by atoms with Crippen LogP contribution in [-0.4, -0.2) is 23.2 Å². The Labute approximate surface area is 213 Å². The van der Waals surface area contributed by atoms with Crippen molar-refractivity contribution >= 4 is 21.5 Å². The third-order valence-electron chi connectivity index (χ3n) is 6.81. The normalized spacial score (nSPS) is 19.0. The van der Waals surface area contributed by atoms with E-state index >= 15 is 0 Å². The molecular weight excluding hydrogens is 477 g/mol. The van der Waals surface area contributed by atoms with Crippen LogP contribution in [0.3, 0.4) is 0 Å². The van der Waals surface area contributed by atoms with Gasteiger partial charge in [0.25, 0.3) is 0 Å². The minimum Gasteiger partial charge on any atom is -0.338 e. The van der Waals surface area contributed by atoms with E-state index in [0.29, 0.717) is 11.7 Å². The van der Waals surface area contributed by atoms with E-state index in [4.69, 9.17) is 10.2 Å². The van der Waals surface area contributed by atoms with Crippen molar-refractivity contribution in [1.82, 2.24) is 14.8 Å². The van der Waals surface area contributed by atoms with Gasteiger partial charge in [-0.15, -0.1) is 0 Å². The van der Waals surface area contributed by atoms with Crippen molar-refractivity contribution in [3.63, 3.8) is 0 Å². The van der Waals surface area contributed by atoms with Gasteiger partial charge in [-0.2, -0.15) is 5.10 Å². The Kier molecular flexibility index (Phi) is 6.77. The first-order valence-electron chi connectivity index (χ1n) is 12.3. The van der Waals surface area contributed by atoms with Gasteiger partial charge in [0.15, 0.2) is 0 Å². The zero-order chi connectivity index (χ0) is 26.5. The first-order valence-corrected chi connectivity index (χ1v) is 13.8. The molecular formula is C27H36FN5O2S. The van der Waals surface area contributed by atoms with Gasteiger partial charge in [-0.3, -0.25) is 4.98 Å². The maximum atomic E-state index is 14.7. The van der Waals surface area contributed by atoms with Crippen molar-refractivity contribution in [2.75, 3.05) is 5.32 Å². The molecule has 1 aliphatic carbocycles. The largest absolute Gasteiger partial charge is 0.338 e. The Morgan fingerprint density at radius 3 is 2.25 bits per heavy atom. The number of nitrogens with two attached hydrogens (primary N) is 1. The Hall–Kier alpha value is -2.78. The standard InChI is InChI=1S/C27H36FN5O2S/c1-26(2,3)19-11-12-30-23(14-19)17-7-8-18(13-17)24-16-25(33(32-24)27(4,5)6)31-22-10-9-20(15-21(22)28)36(29,34)35/h9-12,14-18,31H,7-8,13H2,1-6H3,(H2,29,34,35). The molecule has 0 bridgehead atoms. The second-order valence-corrected chi connectivity index (χ2v) is 13.3. The molecule has 9 heteroatoms. The van der Waals surface area contributed by atoms with E-state index in [1.165, 1.54) is 17.7 Å². The van der Waals surface area contributed by atoms with Crippen LogP contribution in [-0.2, 0) is 21.0 Å². The van der Waals surface area contributed by atoms with Crippen LogP contribution in [0.1, 0.15) is 89.6 Å². The fraction of sp³-hybridized carbons (Fsp3) is 0.481. The minimum atomic E-state index is -3.98. The molecule has 1 aliphatic rings. The number of pyridine rings is 1. The summed E-state index contributed by atoms with van der Waals surface area (Å²) < 4.78 is 39.7. The number of hydrogen-bond acceptors (Lipinski definition) is 5. The Morgan fingerprint density at radius 1 is 1.00 bits per heavy atom. The van der Waals surface area contributed by atoms with E-state index in [0.717, 1.165) is 36.7 Å². The number of hydrogen-bond donors (Lipinski definition) is 2. The van der Waals surface area contributed by atoms with Gasteiger partial charge in [-0.1, -0.05) is 20.8 Å². The van der Waals surface area contributed by atoms with E-state index in [1.54, 1.807) is 0 Å². The molecule has 2 atom stereocenters. The summed E-state index contributed by atoms with van der Waals surface area (Å²) in [5.41, 5.74) is 3.27. The van der Waals surface area contributed by atoms with Crippen LogP contribution in [0.2, 0.25) is 0 Å². The van der Waals surface area contributed by atoms with E-state index in [9.17, 15) is 12.8 Å². The molecule has 1 fully saturated rings. The Balaban J connectivity index is 1.60. The number of primary sulfonamides is 1. The van der Waals surface area contributed by atoms with Crippen LogP contribution in [0.4, 0.5) is 15.9 Å². The molecule has 1 saturated carbocycles. The zero-order valence-electron chi connectivity index (χ0n) is 21.8. The van der Waals surface area contributed by atoms with Gasteiger partial charge in [0.2, 0.25) is 10.0 Å². The number of benzene rings is 1. The van der Waals surface area contributed by atoms with Crippen LogP contribution in [0.5, 0.6) is 0 Å². The molecule has 2 unspecified atom stereocenters. The summed E-state index contributed by atoms with van der Waals surface area (Å²) in [6.45, 7) is 12.7. The van der Waals surface area contributed by atoms with Crippen molar-refractivity contribution in [2.45, 2.75) is 88.5 Å². The molecule has 0 amide bonds. The molecule has 0 spiro atoms. The fourth-order valence-electron chi connectivity index (χ4n) is 4.77. The molecule has 1 aromatic carbocycles. The molecule has 0 aliphatic heterocycles. The summed E-state index contributed by atoms with van der Waals surface area (Å²) in [6.07, 6.45) is 4.91. The lowest BCUT2D eigenvalue weighted by atomic mass is 9.86. The average Bonchev–Trinajstić information content (AvgIpc) is 3.41. The summed E-state index contributed by atoms with van der Waals surface area (Å²) in [4.78, 5) is 4.42. The van der Waals surface area contributed by atoms with Crippen LogP contribution in [0, 0.1) is 5.82 Å². The van der Waals surface area contributed by atoms with Crippen LogP contribution in [0.25, 0.3) is 0 Å². The molecule has 3 aromatic rings. The van der Waals surface area contributed by atoms with Crippen molar-refractivity contribution < 1.29 is 12.8 Å². The predicted molar refractivity (Wildman–Crippen MR) is 141 cm³/mol. The number of rotatable bonds is 5. The van der Waals surface area contributed by atoms with Gasteiger partial charge < -0.3 is 5.32 Å². The molecule has 36 heavy (non-hydrogen) atoms. The fourth-order valence-corrected chi connectivity index (χ4v) is 5.29. The highest BCUT2D eigenvalue weighted by atomic mass is 32.2. The Bertz CT molecular complexity index is 1370. The van der Waals surface area contributed by atoms with E-state index < -0.39 is 15.8 Å². The van der Waals surface area contributed by atoms with E-state index in [2.05, 4.69) is 43.2 Å². The van der Waals surface area contributed by atoms with Gasteiger partial charge in [0.1, 0.15) is 11.6 Å². The van der Waals surface area contributed by atoms with Gasteiger partial charge >= 0.3 is 0 Å². The van der Waals surface area contributed by atoms with E-state index in [-0.39, 0.29) is 27.5 Å². The number of nitrogens with zero attached hydrogens (tertiary/aromatic N) is 3. The highest BCUT2D eigenvalue weighted by Gasteiger charge is 2.32. The highest BCUT2D eigenvalue weighted by Crippen LogP contribution is 2.44. The molecule has 2 heterocycles. The number of anilines is 2. The summed E-state index contributed by atoms with van der Waals surface area (Å²) in [5, 5.41) is 13.2. The zero-order valence-corrected chi connectivity index (χ0v) is 22.7. The van der Waals surface area contributed by atoms with Gasteiger partial charge in [-0.25, -0.2) is 22.6 Å². The SMILES string of the molecule is CC(C)(C)c1ccnc(C2CCC(c3cc(Nc4ccc(S(N)(=O)=O)cc4F)n(C(C)(C)C)n3)C2)c1. The van der Waals surface area contributed by atoms with Gasteiger partial charge in [0, 0.05) is 29.8 Å². The lowest BCUT2D eigenvalue weighted by molar-refractivity contribution is 0.356. The minimum absolute atomic E-state index is 0.0730. The summed E-state index contributed by atoms with van der Waals surface area (Å²) in [6, 6.07) is 9.91. The number of nitrogens with one attached hydrogen (secondary N) is 1. The quantitative estimate of drug-likeness (QED) is 0.441. The van der Waals surface area contributed by atoms with E-state index in [1.807, 2.05) is 37.7 Å². The third kappa shape index (κ3) is 5.62. The molecule has 7 nitrogen and oxygen atoms in total. The molecule has 194 valence electrons. The molecule has 2 aromatic heterocycles. The topological polar surface area (TPSA) is 103 Å². The van der Waals surface area contributed by atoms with Crippen LogP contribution >= 0.6 is 0 Å². The second kappa shape index (κ2) is 9.27. The van der Waals surface area contributed by atoms with Crippen LogP contribution in [0.15, 0.2) is 47.5 Å². The monoisotopic (exact) mass is 513 g/mol. The number of halogens is 1. The van der Waals surface area contributed by atoms with Crippen molar-refractivity contribution in [3.05, 3.63) is 65.4 Å². The molecule has 0 saturated heterocycles. The summed E-state index contributed by atoms with van der Waals surface area (Å²) in [5.74, 6) is 0.595. The lowest BCUT2D eigenvalue weighted by Crippen LogP contribution is -2.25.